The van der Waals surface area contributed by atoms with Crippen LogP contribution in [0.2, 0.25) is 0 Å². The number of rotatable bonds is 6. The number of nitrogens with one attached hydrogen (secondary N) is 1. The van der Waals surface area contributed by atoms with Crippen LogP contribution in [-0.2, 0) is 10.2 Å². The molecule has 5 heteroatoms. The topological polar surface area (TPSA) is 75.4 Å². The minimum absolute atomic E-state index is 0.0531. The number of hydrogen-bond acceptors (Lipinski definition) is 2. The van der Waals surface area contributed by atoms with Crippen molar-refractivity contribution in [1.29, 1.82) is 0 Å². The van der Waals surface area contributed by atoms with E-state index in [1.54, 1.807) is 18.4 Å². The van der Waals surface area contributed by atoms with Gasteiger partial charge in [-0.3, -0.25) is 4.79 Å². The van der Waals surface area contributed by atoms with E-state index in [4.69, 9.17) is 5.73 Å². The van der Waals surface area contributed by atoms with Crippen LogP contribution in [0.25, 0.3) is 0 Å². The molecule has 3 N–H and O–H groups in total. The van der Waals surface area contributed by atoms with E-state index in [2.05, 4.69) is 17.4 Å². The monoisotopic (exact) mass is 364 g/mol. The lowest BCUT2D eigenvalue weighted by atomic mass is 9.78. The molecule has 1 radical (unpaired) electrons. The number of amides is 3. The molecule has 2 aromatic carbocycles. The third-order valence-electron chi connectivity index (χ3n) is 5.34. The second-order valence-corrected chi connectivity index (χ2v) is 7.30. The number of carbonyl (C=O) groups excluding carboxylic acids is 2. The number of benzene rings is 2. The van der Waals surface area contributed by atoms with Crippen LogP contribution in [0, 0.1) is 6.42 Å². The van der Waals surface area contributed by atoms with Crippen LogP contribution in [0.3, 0.4) is 0 Å². The molecule has 0 aliphatic heterocycles. The maximum Gasteiger partial charge on any atom is 0.314 e. The van der Waals surface area contributed by atoms with Gasteiger partial charge in [-0.25, -0.2) is 4.79 Å². The molecule has 0 atom stereocenters. The van der Waals surface area contributed by atoms with Gasteiger partial charge in [-0.1, -0.05) is 55.3 Å². The molecule has 1 aliphatic rings. The Kier molecular flexibility index (Phi) is 5.79. The van der Waals surface area contributed by atoms with Crippen molar-refractivity contribution in [1.82, 2.24) is 4.90 Å². The molecule has 2 aromatic rings. The maximum atomic E-state index is 12.2. The number of nitrogens with zero attached hydrogens (tertiary/aromatic N) is 1. The third-order valence-corrected chi connectivity index (χ3v) is 5.34. The molecule has 27 heavy (non-hydrogen) atoms. The van der Waals surface area contributed by atoms with Gasteiger partial charge < -0.3 is 16.0 Å². The normalized spacial score (nSPS) is 15.3. The summed E-state index contributed by atoms with van der Waals surface area (Å²) in [5.74, 6) is -0.155. The van der Waals surface area contributed by atoms with Gasteiger partial charge in [-0.15, -0.1) is 0 Å². The van der Waals surface area contributed by atoms with Gasteiger partial charge in [-0.2, -0.15) is 0 Å². The molecule has 1 saturated carbocycles. The van der Waals surface area contributed by atoms with Crippen molar-refractivity contribution in [2.45, 2.75) is 31.1 Å². The molecule has 3 rings (SSSR count). The van der Waals surface area contributed by atoms with E-state index in [1.165, 1.54) is 5.56 Å². The fraction of sp³-hybridized carbons (Fsp3) is 0.318. The van der Waals surface area contributed by atoms with Crippen molar-refractivity contribution in [2.24, 2.45) is 5.73 Å². The van der Waals surface area contributed by atoms with Crippen molar-refractivity contribution < 1.29 is 9.59 Å². The van der Waals surface area contributed by atoms with E-state index in [1.807, 2.05) is 42.5 Å². The number of likely N-dealkylation sites (N-methyl/N-ethyl adjacent to an activating group) is 1. The Morgan fingerprint density at radius 2 is 1.70 bits per heavy atom. The molecule has 0 bridgehead atoms. The van der Waals surface area contributed by atoms with Crippen LogP contribution in [0.4, 0.5) is 10.5 Å². The SMILES string of the molecule is CN(CC1(c2ccc(NC(=O)[CH]c3ccccc3)cc2)CCCC1)C(N)=O. The van der Waals surface area contributed by atoms with Crippen molar-refractivity contribution in [2.75, 3.05) is 18.9 Å². The zero-order chi connectivity index (χ0) is 19.3. The third kappa shape index (κ3) is 4.67. The lowest BCUT2D eigenvalue weighted by Crippen LogP contribution is -2.42. The number of hydrogen-bond donors (Lipinski definition) is 2. The number of nitrogens with two attached hydrogens (primary N) is 1. The van der Waals surface area contributed by atoms with Crippen molar-refractivity contribution >= 4 is 17.6 Å². The van der Waals surface area contributed by atoms with Crippen molar-refractivity contribution in [3.8, 4) is 0 Å². The first-order valence-corrected chi connectivity index (χ1v) is 9.30. The fourth-order valence-corrected chi connectivity index (χ4v) is 3.91. The second kappa shape index (κ2) is 8.25. The lowest BCUT2D eigenvalue weighted by Gasteiger charge is -2.33. The number of anilines is 1. The van der Waals surface area contributed by atoms with Crippen molar-refractivity contribution in [3.63, 3.8) is 0 Å². The Morgan fingerprint density at radius 1 is 1.07 bits per heavy atom. The summed E-state index contributed by atoms with van der Waals surface area (Å²) in [5, 5.41) is 2.90. The van der Waals surface area contributed by atoms with E-state index < -0.39 is 6.03 Å². The molecule has 3 amide bonds. The molecule has 0 aromatic heterocycles. The van der Waals surface area contributed by atoms with Crippen LogP contribution in [0.1, 0.15) is 36.8 Å². The van der Waals surface area contributed by atoms with Crippen molar-refractivity contribution in [3.05, 3.63) is 72.1 Å². The first-order valence-electron chi connectivity index (χ1n) is 9.30. The molecule has 1 aliphatic carbocycles. The van der Waals surface area contributed by atoms with Gasteiger partial charge in [0.1, 0.15) is 0 Å². The number of carbonyl (C=O) groups is 2. The maximum absolute atomic E-state index is 12.2. The minimum Gasteiger partial charge on any atom is -0.351 e. The highest BCUT2D eigenvalue weighted by Crippen LogP contribution is 2.42. The highest BCUT2D eigenvalue weighted by Gasteiger charge is 2.37. The smallest absolute Gasteiger partial charge is 0.314 e. The zero-order valence-electron chi connectivity index (χ0n) is 15.7. The summed E-state index contributed by atoms with van der Waals surface area (Å²) >= 11 is 0. The zero-order valence-corrected chi connectivity index (χ0v) is 15.7. The van der Waals surface area contributed by atoms with Crippen LogP contribution >= 0.6 is 0 Å². The van der Waals surface area contributed by atoms with Crippen LogP contribution in [-0.4, -0.2) is 30.4 Å². The van der Waals surface area contributed by atoms with Gasteiger partial charge in [-0.05, 0) is 36.1 Å². The molecular weight excluding hydrogens is 338 g/mol. The van der Waals surface area contributed by atoms with Gasteiger partial charge in [0.2, 0.25) is 5.91 Å². The Bertz CT molecular complexity index is 781. The predicted octanol–water partition coefficient (Wildman–Crippen LogP) is 3.70. The summed E-state index contributed by atoms with van der Waals surface area (Å²) in [5.41, 5.74) is 8.19. The fourth-order valence-electron chi connectivity index (χ4n) is 3.91. The number of urea groups is 1. The molecule has 0 unspecified atom stereocenters. The first-order chi connectivity index (χ1) is 13.0. The molecular formula is C22H26N3O2. The van der Waals surface area contributed by atoms with E-state index in [-0.39, 0.29) is 11.3 Å². The second-order valence-electron chi connectivity index (χ2n) is 7.30. The Morgan fingerprint density at radius 3 is 2.30 bits per heavy atom. The Labute approximate surface area is 160 Å². The average molecular weight is 364 g/mol. The Hall–Kier alpha value is -2.82. The summed E-state index contributed by atoms with van der Waals surface area (Å²) in [4.78, 5) is 25.3. The van der Waals surface area contributed by atoms with Crippen LogP contribution in [0.15, 0.2) is 54.6 Å². The summed E-state index contributed by atoms with van der Waals surface area (Å²) in [6.07, 6.45) is 5.96. The van der Waals surface area contributed by atoms with Gasteiger partial charge >= 0.3 is 6.03 Å². The average Bonchev–Trinajstić information content (AvgIpc) is 3.12. The molecule has 0 heterocycles. The van der Waals surface area contributed by atoms with E-state index in [0.717, 1.165) is 36.9 Å². The summed E-state index contributed by atoms with van der Waals surface area (Å²) in [6, 6.07) is 17.1. The molecule has 0 spiro atoms. The minimum atomic E-state index is -0.401. The molecule has 141 valence electrons. The van der Waals surface area contributed by atoms with Crippen LogP contribution < -0.4 is 11.1 Å². The van der Waals surface area contributed by atoms with Crippen LogP contribution in [0.5, 0.6) is 0 Å². The van der Waals surface area contributed by atoms with Gasteiger partial charge in [0, 0.05) is 24.7 Å². The van der Waals surface area contributed by atoms with E-state index in [0.29, 0.717) is 6.54 Å². The van der Waals surface area contributed by atoms with E-state index in [9.17, 15) is 9.59 Å². The summed E-state index contributed by atoms with van der Waals surface area (Å²) in [7, 11) is 1.75. The summed E-state index contributed by atoms with van der Waals surface area (Å²) in [6.45, 7) is 0.621. The van der Waals surface area contributed by atoms with Gasteiger partial charge in [0.05, 0.1) is 6.42 Å². The Balaban J connectivity index is 1.68. The first kappa shape index (κ1) is 19.0. The number of primary amides is 1. The summed E-state index contributed by atoms with van der Waals surface area (Å²) < 4.78 is 0. The quantitative estimate of drug-likeness (QED) is 0.820. The highest BCUT2D eigenvalue weighted by atomic mass is 16.2. The van der Waals surface area contributed by atoms with Gasteiger partial charge in [0.25, 0.3) is 0 Å². The largest absolute Gasteiger partial charge is 0.351 e. The highest BCUT2D eigenvalue weighted by molar-refractivity contribution is 5.99. The molecule has 5 nitrogen and oxygen atoms in total. The predicted molar refractivity (Wildman–Crippen MR) is 107 cm³/mol. The van der Waals surface area contributed by atoms with Gasteiger partial charge in [0.15, 0.2) is 0 Å². The molecule has 1 fully saturated rings. The molecule has 0 saturated heterocycles. The lowest BCUT2D eigenvalue weighted by molar-refractivity contribution is -0.112. The standard InChI is InChI=1S/C22H26N3O2/c1-25(21(23)27)16-22(13-5-6-14-22)18-9-11-19(12-10-18)24-20(26)15-17-7-3-2-4-8-17/h2-4,7-12,15H,5-6,13-14,16H2,1H3,(H2,23,27)(H,24,26). The van der Waals surface area contributed by atoms with E-state index >= 15 is 0 Å².